The smallest absolute Gasteiger partial charge is 0.258 e. The number of aromatic nitrogens is 1. The Kier molecular flexibility index (Phi) is 5.98. The first-order chi connectivity index (χ1) is 15.0. The van der Waals surface area contributed by atoms with Gasteiger partial charge in [-0.2, -0.15) is 5.26 Å². The highest BCUT2D eigenvalue weighted by Crippen LogP contribution is 2.41. The summed E-state index contributed by atoms with van der Waals surface area (Å²) in [5.74, 6) is 0.440. The van der Waals surface area contributed by atoms with E-state index in [0.717, 1.165) is 30.9 Å². The van der Waals surface area contributed by atoms with Crippen LogP contribution in [0.3, 0.4) is 0 Å². The molecular weight excluding hydrogens is 396 g/mol. The van der Waals surface area contributed by atoms with E-state index in [2.05, 4.69) is 11.0 Å². The number of aryl methyl sites for hydroxylation is 1. The number of allylic oxidation sites excluding steroid dienone is 1. The number of nitrogens with zero attached hydrogens (tertiary/aromatic N) is 3. The van der Waals surface area contributed by atoms with Crippen molar-refractivity contribution in [3.63, 3.8) is 0 Å². The molecule has 0 aliphatic carbocycles. The summed E-state index contributed by atoms with van der Waals surface area (Å²) in [6, 6.07) is 11.3. The number of ether oxygens (including phenoxy) is 3. The highest BCUT2D eigenvalue weighted by molar-refractivity contribution is 5.56. The monoisotopic (exact) mass is 422 g/mol. The van der Waals surface area contributed by atoms with Crippen LogP contribution < -0.4 is 20.8 Å². The molecule has 8 heteroatoms. The average Bonchev–Trinajstić information content (AvgIpc) is 2.78. The van der Waals surface area contributed by atoms with Gasteiger partial charge in [0.25, 0.3) is 5.56 Å². The normalized spacial score (nSPS) is 18.8. The topological polar surface area (TPSA) is 103 Å². The Labute approximate surface area is 181 Å². The third-order valence-corrected chi connectivity index (χ3v) is 5.86. The van der Waals surface area contributed by atoms with Gasteiger partial charge in [0.1, 0.15) is 23.1 Å². The van der Waals surface area contributed by atoms with Crippen molar-refractivity contribution in [3.05, 3.63) is 69.0 Å². The van der Waals surface area contributed by atoms with Crippen LogP contribution in [0.25, 0.3) is 0 Å². The lowest BCUT2D eigenvalue weighted by molar-refractivity contribution is 0.0362. The standard InChI is InChI=1S/C23H26N4O4/c1-15-12-19-21(23(28)27(15)7-6-26-8-10-30-11-9-26)20(18(14-24)22(25)31-19)16-4-3-5-17(13-16)29-2/h3-5,12-13,20H,6-11,25H2,1-2H3/t20-/m1/s1. The number of morpholine rings is 1. The van der Waals surface area contributed by atoms with Crippen molar-refractivity contribution in [1.82, 2.24) is 9.47 Å². The molecule has 2 aromatic rings. The third-order valence-electron chi connectivity index (χ3n) is 5.86. The van der Waals surface area contributed by atoms with E-state index in [1.807, 2.05) is 37.3 Å². The molecule has 8 nitrogen and oxygen atoms in total. The minimum Gasteiger partial charge on any atom is -0.497 e. The first-order valence-electron chi connectivity index (χ1n) is 10.3. The van der Waals surface area contributed by atoms with Gasteiger partial charge in [-0.25, -0.2) is 0 Å². The molecule has 3 heterocycles. The predicted molar refractivity (Wildman–Crippen MR) is 115 cm³/mol. The molecule has 0 amide bonds. The summed E-state index contributed by atoms with van der Waals surface area (Å²) in [5, 5.41) is 9.81. The van der Waals surface area contributed by atoms with E-state index < -0.39 is 5.92 Å². The summed E-state index contributed by atoms with van der Waals surface area (Å²) in [7, 11) is 1.58. The zero-order valence-electron chi connectivity index (χ0n) is 17.8. The summed E-state index contributed by atoms with van der Waals surface area (Å²) in [6.07, 6.45) is 0. The van der Waals surface area contributed by atoms with Crippen LogP contribution in [0.2, 0.25) is 0 Å². The van der Waals surface area contributed by atoms with Gasteiger partial charge in [-0.05, 0) is 24.6 Å². The second kappa shape index (κ2) is 8.84. The Morgan fingerprint density at radius 3 is 2.74 bits per heavy atom. The minimum absolute atomic E-state index is 0.0210. The second-order valence-electron chi connectivity index (χ2n) is 7.68. The van der Waals surface area contributed by atoms with Gasteiger partial charge in [0.2, 0.25) is 5.88 Å². The number of fused-ring (bicyclic) bond motifs is 1. The van der Waals surface area contributed by atoms with Crippen LogP contribution in [-0.4, -0.2) is 49.4 Å². The highest BCUT2D eigenvalue weighted by Gasteiger charge is 2.34. The number of pyridine rings is 1. The molecule has 0 spiro atoms. The lowest BCUT2D eigenvalue weighted by Gasteiger charge is -2.29. The van der Waals surface area contributed by atoms with Crippen LogP contribution in [-0.2, 0) is 11.3 Å². The quantitative estimate of drug-likeness (QED) is 0.783. The van der Waals surface area contributed by atoms with Crippen LogP contribution in [0.15, 0.2) is 46.6 Å². The Morgan fingerprint density at radius 1 is 1.26 bits per heavy atom. The molecule has 1 aromatic heterocycles. The minimum atomic E-state index is -0.619. The lowest BCUT2D eigenvalue weighted by atomic mass is 9.84. The van der Waals surface area contributed by atoms with Crippen LogP contribution >= 0.6 is 0 Å². The van der Waals surface area contributed by atoms with Gasteiger partial charge in [0, 0.05) is 37.9 Å². The Morgan fingerprint density at radius 2 is 2.03 bits per heavy atom. The highest BCUT2D eigenvalue weighted by atomic mass is 16.5. The Bertz CT molecular complexity index is 1110. The molecule has 0 unspecified atom stereocenters. The number of hydrogen-bond acceptors (Lipinski definition) is 7. The number of nitrogens with two attached hydrogens (primary N) is 1. The first-order valence-corrected chi connectivity index (χ1v) is 10.3. The van der Waals surface area contributed by atoms with E-state index in [1.54, 1.807) is 11.7 Å². The fraction of sp³-hybridized carbons (Fsp3) is 0.391. The summed E-state index contributed by atoms with van der Waals surface area (Å²) < 4.78 is 18.2. The van der Waals surface area contributed by atoms with Crippen molar-refractivity contribution in [3.8, 4) is 17.6 Å². The van der Waals surface area contributed by atoms with Gasteiger partial charge in [0.05, 0.1) is 31.8 Å². The van der Waals surface area contributed by atoms with Crippen molar-refractivity contribution in [2.45, 2.75) is 19.4 Å². The average molecular weight is 422 g/mol. The lowest BCUT2D eigenvalue weighted by Crippen LogP contribution is -2.40. The molecule has 0 bridgehead atoms. The van der Waals surface area contributed by atoms with E-state index in [4.69, 9.17) is 19.9 Å². The molecule has 0 saturated carbocycles. The van der Waals surface area contributed by atoms with Crippen molar-refractivity contribution in [1.29, 1.82) is 5.26 Å². The van der Waals surface area contributed by atoms with Crippen molar-refractivity contribution in [2.24, 2.45) is 5.73 Å². The largest absolute Gasteiger partial charge is 0.497 e. The maximum atomic E-state index is 13.6. The molecule has 1 atom stereocenters. The summed E-state index contributed by atoms with van der Waals surface area (Å²) in [4.78, 5) is 15.9. The van der Waals surface area contributed by atoms with Gasteiger partial charge in [0.15, 0.2) is 0 Å². The predicted octanol–water partition coefficient (Wildman–Crippen LogP) is 1.72. The van der Waals surface area contributed by atoms with Gasteiger partial charge in [-0.3, -0.25) is 9.69 Å². The van der Waals surface area contributed by atoms with Gasteiger partial charge in [-0.1, -0.05) is 12.1 Å². The molecule has 1 saturated heterocycles. The SMILES string of the molecule is COc1cccc([C@@H]2C(C#N)=C(N)Oc3cc(C)n(CCN4CCOCC4)c(=O)c32)c1. The molecular formula is C23H26N4O4. The van der Waals surface area contributed by atoms with Gasteiger partial charge >= 0.3 is 0 Å². The number of methoxy groups -OCH3 is 1. The molecule has 1 aromatic carbocycles. The third kappa shape index (κ3) is 4.02. The number of nitriles is 1. The molecule has 31 heavy (non-hydrogen) atoms. The van der Waals surface area contributed by atoms with Crippen molar-refractivity contribution < 1.29 is 14.2 Å². The summed E-state index contributed by atoms with van der Waals surface area (Å²) in [6.45, 7) is 6.29. The van der Waals surface area contributed by atoms with E-state index >= 15 is 0 Å². The Balaban J connectivity index is 1.78. The van der Waals surface area contributed by atoms with E-state index in [-0.39, 0.29) is 17.0 Å². The van der Waals surface area contributed by atoms with E-state index in [1.165, 1.54) is 0 Å². The molecule has 0 radical (unpaired) electrons. The van der Waals surface area contributed by atoms with E-state index in [0.29, 0.717) is 36.8 Å². The maximum Gasteiger partial charge on any atom is 0.258 e. The Hall–Kier alpha value is -3.28. The first kappa shape index (κ1) is 21.0. The molecule has 2 aliphatic rings. The molecule has 2 N–H and O–H groups in total. The van der Waals surface area contributed by atoms with Gasteiger partial charge in [-0.15, -0.1) is 0 Å². The summed E-state index contributed by atoms with van der Waals surface area (Å²) >= 11 is 0. The molecule has 2 aliphatic heterocycles. The molecule has 4 rings (SSSR count). The number of benzene rings is 1. The van der Waals surface area contributed by atoms with E-state index in [9.17, 15) is 10.1 Å². The van der Waals surface area contributed by atoms with Crippen molar-refractivity contribution >= 4 is 0 Å². The van der Waals surface area contributed by atoms with Crippen LogP contribution in [0.5, 0.6) is 11.5 Å². The second-order valence-corrected chi connectivity index (χ2v) is 7.68. The number of hydrogen-bond donors (Lipinski definition) is 1. The van der Waals surface area contributed by atoms with Crippen LogP contribution in [0, 0.1) is 18.3 Å². The molecule has 162 valence electrons. The zero-order valence-corrected chi connectivity index (χ0v) is 17.8. The number of rotatable bonds is 5. The van der Waals surface area contributed by atoms with Crippen molar-refractivity contribution in [2.75, 3.05) is 40.0 Å². The zero-order chi connectivity index (χ0) is 22.0. The summed E-state index contributed by atoms with van der Waals surface area (Å²) in [5.41, 5.74) is 8.09. The maximum absolute atomic E-state index is 13.6. The fourth-order valence-corrected chi connectivity index (χ4v) is 4.18. The van der Waals surface area contributed by atoms with Crippen LogP contribution in [0.4, 0.5) is 0 Å². The van der Waals surface area contributed by atoms with Crippen LogP contribution in [0.1, 0.15) is 22.7 Å². The van der Waals surface area contributed by atoms with Gasteiger partial charge < -0.3 is 24.5 Å². The molecule has 1 fully saturated rings. The fourth-order valence-electron chi connectivity index (χ4n) is 4.18.